The van der Waals surface area contributed by atoms with Gasteiger partial charge < -0.3 is 9.84 Å². The first kappa shape index (κ1) is 19.1. The van der Waals surface area contributed by atoms with Gasteiger partial charge in [-0.2, -0.15) is 5.10 Å². The van der Waals surface area contributed by atoms with Gasteiger partial charge >= 0.3 is 5.97 Å². The fraction of sp³-hybridized carbons (Fsp3) is 0.238. The van der Waals surface area contributed by atoms with E-state index >= 15 is 0 Å². The summed E-state index contributed by atoms with van der Waals surface area (Å²) >= 11 is 0. The highest BCUT2D eigenvalue weighted by Crippen LogP contribution is 2.21. The number of aromatic amines is 1. The van der Waals surface area contributed by atoms with Crippen LogP contribution in [0.4, 0.5) is 0 Å². The maximum atomic E-state index is 10.9. The lowest BCUT2D eigenvalue weighted by Crippen LogP contribution is -1.94. The third-order valence-corrected chi connectivity index (χ3v) is 3.81. The second-order valence-corrected chi connectivity index (χ2v) is 5.78. The van der Waals surface area contributed by atoms with E-state index in [4.69, 9.17) is 16.3 Å². The predicted molar refractivity (Wildman–Crippen MR) is 102 cm³/mol. The fourth-order valence-corrected chi connectivity index (χ4v) is 2.21. The molecular formula is C21H22N2O3. The average molecular weight is 350 g/mol. The Hall–Kier alpha value is -3.26. The van der Waals surface area contributed by atoms with Crippen LogP contribution in [0.15, 0.2) is 48.2 Å². The largest absolute Gasteiger partial charge is 0.485 e. The van der Waals surface area contributed by atoms with Crippen LogP contribution < -0.4 is 0 Å². The first-order chi connectivity index (χ1) is 12.5. The van der Waals surface area contributed by atoms with Crippen LogP contribution in [-0.2, 0) is 4.74 Å². The number of rotatable bonds is 8. The van der Waals surface area contributed by atoms with Gasteiger partial charge in [-0.05, 0) is 54.7 Å². The Morgan fingerprint density at radius 3 is 2.69 bits per heavy atom. The van der Waals surface area contributed by atoms with Gasteiger partial charge in [0.05, 0.1) is 23.6 Å². The number of carboxylic acid groups (broad SMARTS) is 1. The molecule has 26 heavy (non-hydrogen) atoms. The number of carboxylic acids is 1. The third-order valence-electron chi connectivity index (χ3n) is 3.81. The van der Waals surface area contributed by atoms with Crippen LogP contribution in [0.25, 0.3) is 16.8 Å². The van der Waals surface area contributed by atoms with Crippen molar-refractivity contribution in [3.63, 3.8) is 0 Å². The highest BCUT2D eigenvalue weighted by Gasteiger charge is 2.07. The quantitative estimate of drug-likeness (QED) is 0.318. The molecule has 2 N–H and O–H groups in total. The number of hydrogen-bond acceptors (Lipinski definition) is 3. The van der Waals surface area contributed by atoms with E-state index in [2.05, 4.69) is 23.0 Å². The van der Waals surface area contributed by atoms with Crippen LogP contribution in [0.2, 0.25) is 0 Å². The SMILES string of the molecule is C#C/C(=C\C=C(/C)c1cc(-c2ccc(C(=O)O)cc2)[nH]n1)OCCCC. The van der Waals surface area contributed by atoms with E-state index in [9.17, 15) is 4.79 Å². The monoisotopic (exact) mass is 350 g/mol. The second kappa shape index (κ2) is 9.28. The summed E-state index contributed by atoms with van der Waals surface area (Å²) in [7, 11) is 0. The van der Waals surface area contributed by atoms with Crippen molar-refractivity contribution in [2.75, 3.05) is 6.61 Å². The zero-order chi connectivity index (χ0) is 18.9. The number of ether oxygens (including phenoxy) is 1. The summed E-state index contributed by atoms with van der Waals surface area (Å²) in [6.07, 6.45) is 11.1. The Bertz CT molecular complexity index is 852. The minimum Gasteiger partial charge on any atom is -0.485 e. The smallest absolute Gasteiger partial charge is 0.335 e. The van der Waals surface area contributed by atoms with Crippen LogP contribution in [0, 0.1) is 12.3 Å². The first-order valence-electron chi connectivity index (χ1n) is 8.42. The van der Waals surface area contributed by atoms with Crippen molar-refractivity contribution < 1.29 is 14.6 Å². The topological polar surface area (TPSA) is 75.2 Å². The standard InChI is InChI=1S/C21H22N2O3/c1-4-6-13-26-18(5-2)12-7-15(3)19-14-20(23-22-19)16-8-10-17(11-9-16)21(24)25/h2,7-12,14H,4,6,13H2,1,3H3,(H,22,23)(H,24,25)/b15-7+,18-12+. The number of allylic oxidation sites excluding steroid dienone is 4. The fourth-order valence-electron chi connectivity index (χ4n) is 2.21. The summed E-state index contributed by atoms with van der Waals surface area (Å²) in [5.41, 5.74) is 3.64. The van der Waals surface area contributed by atoms with Gasteiger partial charge in [0, 0.05) is 0 Å². The number of benzene rings is 1. The molecule has 0 aliphatic carbocycles. The average Bonchev–Trinajstić information content (AvgIpc) is 3.14. The number of aromatic carboxylic acids is 1. The Kier molecular flexibility index (Phi) is 6.81. The molecule has 2 aromatic rings. The summed E-state index contributed by atoms with van der Waals surface area (Å²) in [5, 5.41) is 16.2. The minimum atomic E-state index is -0.946. The van der Waals surface area contributed by atoms with Crippen molar-refractivity contribution in [2.24, 2.45) is 0 Å². The van der Waals surface area contributed by atoms with E-state index < -0.39 is 5.97 Å². The number of aromatic nitrogens is 2. The minimum absolute atomic E-state index is 0.250. The zero-order valence-electron chi connectivity index (χ0n) is 15.0. The van der Waals surface area contributed by atoms with Crippen molar-refractivity contribution in [3.8, 4) is 23.6 Å². The lowest BCUT2D eigenvalue weighted by atomic mass is 10.1. The molecule has 5 nitrogen and oxygen atoms in total. The molecule has 0 amide bonds. The molecule has 0 saturated heterocycles. The van der Waals surface area contributed by atoms with Crippen molar-refractivity contribution >= 4 is 11.5 Å². The van der Waals surface area contributed by atoms with Crippen LogP contribution in [0.1, 0.15) is 42.7 Å². The summed E-state index contributed by atoms with van der Waals surface area (Å²) in [6, 6.07) is 8.53. The zero-order valence-corrected chi connectivity index (χ0v) is 15.0. The lowest BCUT2D eigenvalue weighted by molar-refractivity contribution is 0.0697. The highest BCUT2D eigenvalue weighted by atomic mass is 16.5. The molecular weight excluding hydrogens is 328 g/mol. The number of terminal acetylenes is 1. The molecule has 0 spiro atoms. The van der Waals surface area contributed by atoms with E-state index in [1.807, 2.05) is 19.1 Å². The van der Waals surface area contributed by atoms with Gasteiger partial charge in [0.2, 0.25) is 0 Å². The number of carbonyl (C=O) groups is 1. The normalized spacial score (nSPS) is 11.9. The predicted octanol–water partition coefficient (Wildman–Crippen LogP) is 4.51. The van der Waals surface area contributed by atoms with Gasteiger partial charge in [-0.25, -0.2) is 4.79 Å². The first-order valence-corrected chi connectivity index (χ1v) is 8.42. The Labute approximate surface area is 153 Å². The number of H-pyrrole nitrogens is 1. The summed E-state index contributed by atoms with van der Waals surface area (Å²) in [5.74, 6) is 2.08. The molecule has 0 atom stereocenters. The number of nitrogens with one attached hydrogen (secondary N) is 1. The number of hydrogen-bond donors (Lipinski definition) is 2. The third kappa shape index (κ3) is 5.12. The molecule has 1 aromatic carbocycles. The van der Waals surface area contributed by atoms with Crippen molar-refractivity contribution in [1.29, 1.82) is 0 Å². The Balaban J connectivity index is 2.12. The van der Waals surface area contributed by atoms with Crippen molar-refractivity contribution in [2.45, 2.75) is 26.7 Å². The van der Waals surface area contributed by atoms with Crippen LogP contribution in [0.5, 0.6) is 0 Å². The van der Waals surface area contributed by atoms with E-state index in [1.165, 1.54) is 0 Å². The molecule has 0 fully saturated rings. The van der Waals surface area contributed by atoms with Crippen LogP contribution in [0.3, 0.4) is 0 Å². The van der Waals surface area contributed by atoms with Gasteiger partial charge in [0.15, 0.2) is 5.76 Å². The van der Waals surface area contributed by atoms with Gasteiger partial charge in [-0.3, -0.25) is 5.10 Å². The van der Waals surface area contributed by atoms with E-state index in [0.717, 1.165) is 35.4 Å². The van der Waals surface area contributed by atoms with Gasteiger partial charge in [0.1, 0.15) is 0 Å². The molecule has 0 unspecified atom stereocenters. The summed E-state index contributed by atoms with van der Waals surface area (Å²) in [4.78, 5) is 10.9. The van der Waals surface area contributed by atoms with Crippen molar-refractivity contribution in [1.82, 2.24) is 10.2 Å². The van der Waals surface area contributed by atoms with E-state index in [0.29, 0.717) is 12.4 Å². The van der Waals surface area contributed by atoms with Gasteiger partial charge in [0.25, 0.3) is 0 Å². The van der Waals surface area contributed by atoms with E-state index in [-0.39, 0.29) is 5.56 Å². The number of nitrogens with zero attached hydrogens (tertiary/aromatic N) is 1. The van der Waals surface area contributed by atoms with Crippen LogP contribution in [-0.4, -0.2) is 27.9 Å². The Morgan fingerprint density at radius 2 is 2.08 bits per heavy atom. The summed E-state index contributed by atoms with van der Waals surface area (Å²) < 4.78 is 5.53. The lowest BCUT2D eigenvalue weighted by Gasteiger charge is -2.03. The molecule has 1 heterocycles. The van der Waals surface area contributed by atoms with Crippen molar-refractivity contribution in [3.05, 3.63) is 59.5 Å². The van der Waals surface area contributed by atoms with E-state index in [1.54, 1.807) is 30.3 Å². The Morgan fingerprint density at radius 1 is 1.35 bits per heavy atom. The van der Waals surface area contributed by atoms with Gasteiger partial charge in [-0.15, -0.1) is 6.42 Å². The molecule has 5 heteroatoms. The molecule has 2 rings (SSSR count). The molecule has 134 valence electrons. The van der Waals surface area contributed by atoms with Crippen LogP contribution >= 0.6 is 0 Å². The molecule has 0 radical (unpaired) electrons. The molecule has 1 aromatic heterocycles. The molecule has 0 aliphatic heterocycles. The number of unbranched alkanes of at least 4 members (excludes halogenated alkanes) is 1. The molecule has 0 aliphatic rings. The van der Waals surface area contributed by atoms with Gasteiger partial charge in [-0.1, -0.05) is 31.6 Å². The molecule has 0 bridgehead atoms. The molecule has 0 saturated carbocycles. The summed E-state index contributed by atoms with van der Waals surface area (Å²) in [6.45, 7) is 4.64. The second-order valence-electron chi connectivity index (χ2n) is 5.78. The highest BCUT2D eigenvalue weighted by molar-refractivity contribution is 5.88. The maximum absolute atomic E-state index is 10.9. The maximum Gasteiger partial charge on any atom is 0.335 e.